The lowest BCUT2D eigenvalue weighted by Crippen LogP contribution is -2.37. The van der Waals surface area contributed by atoms with Crippen molar-refractivity contribution in [3.8, 4) is 0 Å². The standard InChI is InChI=1S/C10H17N3O2S/c1-9(8-11)16(14,15)13-7-4-10-2-5-12-6-3-10/h2-3,5-6,9,13H,4,7-8,11H2,1H3. The highest BCUT2D eigenvalue weighted by atomic mass is 32.2. The van der Waals surface area contributed by atoms with Crippen LogP contribution in [0.3, 0.4) is 0 Å². The monoisotopic (exact) mass is 243 g/mol. The molecule has 90 valence electrons. The first-order valence-corrected chi connectivity index (χ1v) is 6.68. The van der Waals surface area contributed by atoms with Crippen LogP contribution in [0.15, 0.2) is 24.5 Å². The first kappa shape index (κ1) is 13.1. The van der Waals surface area contributed by atoms with Crippen molar-refractivity contribution < 1.29 is 8.42 Å². The van der Waals surface area contributed by atoms with Gasteiger partial charge < -0.3 is 5.73 Å². The van der Waals surface area contributed by atoms with Crippen LogP contribution in [0, 0.1) is 0 Å². The number of aromatic nitrogens is 1. The number of nitrogens with zero attached hydrogens (tertiary/aromatic N) is 1. The Balaban J connectivity index is 2.42. The summed E-state index contributed by atoms with van der Waals surface area (Å²) in [4.78, 5) is 3.89. The van der Waals surface area contributed by atoms with E-state index in [2.05, 4.69) is 9.71 Å². The first-order valence-electron chi connectivity index (χ1n) is 5.13. The summed E-state index contributed by atoms with van der Waals surface area (Å²) < 4.78 is 25.6. The Bertz CT molecular complexity index is 405. The van der Waals surface area contributed by atoms with Crippen LogP contribution in [0.2, 0.25) is 0 Å². The molecular weight excluding hydrogens is 226 g/mol. The zero-order chi connectivity index (χ0) is 12.0. The average molecular weight is 243 g/mol. The maximum absolute atomic E-state index is 11.5. The maximum atomic E-state index is 11.5. The second-order valence-electron chi connectivity index (χ2n) is 3.59. The molecule has 1 atom stereocenters. The molecule has 1 aromatic rings. The smallest absolute Gasteiger partial charge is 0.215 e. The van der Waals surface area contributed by atoms with Gasteiger partial charge in [0.2, 0.25) is 10.0 Å². The molecule has 0 bridgehead atoms. The van der Waals surface area contributed by atoms with Gasteiger partial charge in [-0.15, -0.1) is 0 Å². The average Bonchev–Trinajstić information content (AvgIpc) is 2.29. The van der Waals surface area contributed by atoms with Gasteiger partial charge in [-0.1, -0.05) is 0 Å². The molecule has 16 heavy (non-hydrogen) atoms. The van der Waals surface area contributed by atoms with Crippen LogP contribution >= 0.6 is 0 Å². The van der Waals surface area contributed by atoms with Crippen LogP contribution in [0.5, 0.6) is 0 Å². The number of hydrogen-bond donors (Lipinski definition) is 2. The summed E-state index contributed by atoms with van der Waals surface area (Å²) in [6, 6.07) is 3.72. The van der Waals surface area contributed by atoms with E-state index in [1.807, 2.05) is 12.1 Å². The zero-order valence-corrected chi connectivity index (χ0v) is 10.1. The fourth-order valence-corrected chi connectivity index (χ4v) is 2.08. The Morgan fingerprint density at radius 3 is 2.62 bits per heavy atom. The molecule has 0 aliphatic rings. The van der Waals surface area contributed by atoms with E-state index in [9.17, 15) is 8.42 Å². The number of pyridine rings is 1. The van der Waals surface area contributed by atoms with Gasteiger partial charge in [-0.2, -0.15) is 0 Å². The van der Waals surface area contributed by atoms with Gasteiger partial charge in [0.25, 0.3) is 0 Å². The second kappa shape index (κ2) is 5.93. The van der Waals surface area contributed by atoms with Crippen LogP contribution < -0.4 is 10.5 Å². The van der Waals surface area contributed by atoms with E-state index in [4.69, 9.17) is 5.73 Å². The Morgan fingerprint density at radius 1 is 1.44 bits per heavy atom. The van der Waals surface area contributed by atoms with Gasteiger partial charge in [-0.3, -0.25) is 4.98 Å². The van der Waals surface area contributed by atoms with Crippen molar-refractivity contribution in [3.63, 3.8) is 0 Å². The molecule has 5 nitrogen and oxygen atoms in total. The minimum atomic E-state index is -3.27. The fourth-order valence-electron chi connectivity index (χ4n) is 1.16. The molecule has 0 aromatic carbocycles. The van der Waals surface area contributed by atoms with Crippen LogP contribution in [0.25, 0.3) is 0 Å². The number of nitrogens with two attached hydrogens (primary N) is 1. The summed E-state index contributed by atoms with van der Waals surface area (Å²) >= 11 is 0. The second-order valence-corrected chi connectivity index (χ2v) is 5.77. The van der Waals surface area contributed by atoms with Crippen LogP contribution in [-0.2, 0) is 16.4 Å². The van der Waals surface area contributed by atoms with E-state index in [0.29, 0.717) is 13.0 Å². The topological polar surface area (TPSA) is 85.1 Å². The Kier molecular flexibility index (Phi) is 4.85. The van der Waals surface area contributed by atoms with E-state index < -0.39 is 15.3 Å². The van der Waals surface area contributed by atoms with Crippen molar-refractivity contribution >= 4 is 10.0 Å². The van der Waals surface area contributed by atoms with E-state index >= 15 is 0 Å². The number of hydrogen-bond acceptors (Lipinski definition) is 4. The third-order valence-corrected chi connectivity index (χ3v) is 4.19. The third kappa shape index (κ3) is 3.88. The van der Waals surface area contributed by atoms with Gasteiger partial charge in [0.15, 0.2) is 0 Å². The Labute approximate surface area is 96.1 Å². The maximum Gasteiger partial charge on any atom is 0.215 e. The lowest BCUT2D eigenvalue weighted by Gasteiger charge is -2.11. The molecule has 1 unspecified atom stereocenters. The van der Waals surface area contributed by atoms with E-state index in [1.165, 1.54) is 0 Å². The molecule has 6 heteroatoms. The summed E-state index contributed by atoms with van der Waals surface area (Å²) in [7, 11) is -3.27. The highest BCUT2D eigenvalue weighted by Crippen LogP contribution is 1.99. The molecule has 0 aliphatic carbocycles. The minimum Gasteiger partial charge on any atom is -0.329 e. The Hall–Kier alpha value is -0.980. The molecule has 0 radical (unpaired) electrons. The summed E-state index contributed by atoms with van der Waals surface area (Å²) in [6.45, 7) is 2.11. The molecule has 0 spiro atoms. The SMILES string of the molecule is CC(CN)S(=O)(=O)NCCc1ccncc1. The van der Waals surface area contributed by atoms with E-state index in [0.717, 1.165) is 5.56 Å². The van der Waals surface area contributed by atoms with Crippen molar-refractivity contribution in [2.45, 2.75) is 18.6 Å². The summed E-state index contributed by atoms with van der Waals surface area (Å²) in [6.07, 6.45) is 4.03. The van der Waals surface area contributed by atoms with Gasteiger partial charge in [0, 0.05) is 25.5 Å². The molecular formula is C10H17N3O2S. The highest BCUT2D eigenvalue weighted by molar-refractivity contribution is 7.90. The normalized spacial score (nSPS) is 13.6. The van der Waals surface area contributed by atoms with E-state index in [-0.39, 0.29) is 6.54 Å². The van der Waals surface area contributed by atoms with Gasteiger partial charge in [0.05, 0.1) is 5.25 Å². The van der Waals surface area contributed by atoms with Gasteiger partial charge in [-0.05, 0) is 31.0 Å². The molecule has 1 aromatic heterocycles. The molecule has 0 amide bonds. The molecule has 0 saturated heterocycles. The molecule has 0 fully saturated rings. The molecule has 0 aliphatic heterocycles. The number of nitrogens with one attached hydrogen (secondary N) is 1. The third-order valence-electron chi connectivity index (χ3n) is 2.33. The van der Waals surface area contributed by atoms with Crippen molar-refractivity contribution in [2.24, 2.45) is 5.73 Å². The van der Waals surface area contributed by atoms with Crippen LogP contribution in [-0.4, -0.2) is 31.7 Å². The largest absolute Gasteiger partial charge is 0.329 e. The summed E-state index contributed by atoms with van der Waals surface area (Å²) in [5.41, 5.74) is 6.37. The summed E-state index contributed by atoms with van der Waals surface area (Å²) in [5.74, 6) is 0. The summed E-state index contributed by atoms with van der Waals surface area (Å²) in [5, 5.41) is -0.551. The predicted octanol–water partition coefficient (Wildman–Crippen LogP) is -0.109. The van der Waals surface area contributed by atoms with E-state index in [1.54, 1.807) is 19.3 Å². The molecule has 0 saturated carbocycles. The lowest BCUT2D eigenvalue weighted by atomic mass is 10.2. The first-order chi connectivity index (χ1) is 7.56. The van der Waals surface area contributed by atoms with Gasteiger partial charge >= 0.3 is 0 Å². The van der Waals surface area contributed by atoms with Crippen LogP contribution in [0.1, 0.15) is 12.5 Å². The van der Waals surface area contributed by atoms with Crippen molar-refractivity contribution in [1.82, 2.24) is 9.71 Å². The van der Waals surface area contributed by atoms with Crippen molar-refractivity contribution in [2.75, 3.05) is 13.1 Å². The molecule has 1 heterocycles. The van der Waals surface area contributed by atoms with Gasteiger partial charge in [0.1, 0.15) is 0 Å². The highest BCUT2D eigenvalue weighted by Gasteiger charge is 2.17. The van der Waals surface area contributed by atoms with Gasteiger partial charge in [-0.25, -0.2) is 13.1 Å². The van der Waals surface area contributed by atoms with Crippen LogP contribution in [0.4, 0.5) is 0 Å². The predicted molar refractivity (Wildman–Crippen MR) is 63.4 cm³/mol. The van der Waals surface area contributed by atoms with Crippen molar-refractivity contribution in [3.05, 3.63) is 30.1 Å². The molecule has 3 N–H and O–H groups in total. The van der Waals surface area contributed by atoms with Crippen molar-refractivity contribution in [1.29, 1.82) is 0 Å². The lowest BCUT2D eigenvalue weighted by molar-refractivity contribution is 0.569. The number of sulfonamides is 1. The Morgan fingerprint density at radius 2 is 2.06 bits per heavy atom. The zero-order valence-electron chi connectivity index (χ0n) is 9.26. The fraction of sp³-hybridized carbons (Fsp3) is 0.500. The quantitative estimate of drug-likeness (QED) is 0.730. The number of rotatable bonds is 6. The minimum absolute atomic E-state index is 0.130. The molecule has 1 rings (SSSR count).